The Kier molecular flexibility index (Phi) is 5.04. The summed E-state index contributed by atoms with van der Waals surface area (Å²) in [6.07, 6.45) is 3.29. The van der Waals surface area contributed by atoms with E-state index in [2.05, 4.69) is 25.9 Å². The van der Waals surface area contributed by atoms with Crippen LogP contribution in [0.25, 0.3) is 11.1 Å². The van der Waals surface area contributed by atoms with Crippen molar-refractivity contribution in [3.05, 3.63) is 77.6 Å². The van der Waals surface area contributed by atoms with Crippen LogP contribution < -0.4 is 20.7 Å². The second-order valence-corrected chi connectivity index (χ2v) is 8.65. The quantitative estimate of drug-likeness (QED) is 0.342. The van der Waals surface area contributed by atoms with E-state index in [-0.39, 0.29) is 30.2 Å². The molecule has 11 nitrogen and oxygen atoms in total. The van der Waals surface area contributed by atoms with E-state index in [0.717, 1.165) is 5.69 Å². The number of furan rings is 1. The van der Waals surface area contributed by atoms with Crippen LogP contribution in [0.1, 0.15) is 21.7 Å². The minimum absolute atomic E-state index is 0.0393. The van der Waals surface area contributed by atoms with E-state index in [4.69, 9.17) is 9.15 Å². The maximum absolute atomic E-state index is 14.8. The van der Waals surface area contributed by atoms with Crippen molar-refractivity contribution >= 4 is 40.5 Å². The Morgan fingerprint density at radius 1 is 1.22 bits per heavy atom. The molecule has 0 aliphatic carbocycles. The summed E-state index contributed by atoms with van der Waals surface area (Å²) in [6.45, 7) is -0.252. The monoisotopic (exact) mass is 502 g/mol. The van der Waals surface area contributed by atoms with Crippen molar-refractivity contribution in [2.45, 2.75) is 12.1 Å². The van der Waals surface area contributed by atoms with E-state index in [1.54, 1.807) is 36.7 Å². The van der Waals surface area contributed by atoms with Crippen LogP contribution in [0, 0.1) is 5.82 Å². The first-order valence-electron chi connectivity index (χ1n) is 11.2. The molecule has 1 fully saturated rings. The summed E-state index contributed by atoms with van der Waals surface area (Å²) >= 11 is 0. The molecular weight excluding hydrogens is 483 g/mol. The van der Waals surface area contributed by atoms with Crippen LogP contribution in [0.5, 0.6) is 5.75 Å². The predicted octanol–water partition coefficient (Wildman–Crippen LogP) is 2.80. The van der Waals surface area contributed by atoms with Gasteiger partial charge in [-0.1, -0.05) is 6.07 Å². The van der Waals surface area contributed by atoms with Gasteiger partial charge in [0.1, 0.15) is 17.1 Å². The first-order valence-corrected chi connectivity index (χ1v) is 11.2. The van der Waals surface area contributed by atoms with E-state index < -0.39 is 29.2 Å². The second kappa shape index (κ2) is 8.29. The molecule has 4 amide bonds. The van der Waals surface area contributed by atoms with E-state index in [9.17, 15) is 18.8 Å². The summed E-state index contributed by atoms with van der Waals surface area (Å²) in [6, 6.07) is 10.8. The summed E-state index contributed by atoms with van der Waals surface area (Å²) in [5.74, 6) is -1.57. The molecule has 0 unspecified atom stereocenters. The van der Waals surface area contributed by atoms with E-state index in [1.165, 1.54) is 24.1 Å². The Morgan fingerprint density at radius 2 is 2.08 bits per heavy atom. The Hall–Kier alpha value is -5.00. The fraction of sp³-hybridized carbons (Fsp3) is 0.160. The van der Waals surface area contributed by atoms with Gasteiger partial charge in [0, 0.05) is 18.8 Å². The number of pyridine rings is 2. The number of amides is 4. The van der Waals surface area contributed by atoms with Crippen LogP contribution in [0.15, 0.2) is 59.3 Å². The van der Waals surface area contributed by atoms with Gasteiger partial charge in [0.05, 0.1) is 31.1 Å². The van der Waals surface area contributed by atoms with Crippen molar-refractivity contribution in [3.8, 4) is 5.75 Å². The van der Waals surface area contributed by atoms with Crippen LogP contribution in [0.4, 0.5) is 20.7 Å². The molecule has 5 heterocycles. The number of rotatable bonds is 6. The summed E-state index contributed by atoms with van der Waals surface area (Å²) in [4.78, 5) is 48.4. The Bertz CT molecular complexity index is 1590. The zero-order valence-electron chi connectivity index (χ0n) is 19.4. The molecule has 0 bridgehead atoms. The molecule has 2 aliphatic heterocycles. The lowest BCUT2D eigenvalue weighted by atomic mass is 9.95. The third kappa shape index (κ3) is 3.61. The maximum atomic E-state index is 14.8. The summed E-state index contributed by atoms with van der Waals surface area (Å²) in [7, 11) is 1.31. The first kappa shape index (κ1) is 22.5. The first-order chi connectivity index (χ1) is 17.9. The van der Waals surface area contributed by atoms with E-state index in [0.29, 0.717) is 22.5 Å². The average molecular weight is 502 g/mol. The molecule has 186 valence electrons. The van der Waals surface area contributed by atoms with Crippen molar-refractivity contribution in [2.75, 3.05) is 19.0 Å². The van der Waals surface area contributed by atoms with Gasteiger partial charge < -0.3 is 24.7 Å². The number of anilines is 2. The lowest BCUT2D eigenvalue weighted by molar-refractivity contribution is -0.125. The standard InChI is InChI=1S/C25H19FN6O5/c1-36-17-5-4-13-11-32(22(33)20(13)21(17)26)12-25(23(34)30-24(35)31-25)18-9-15-16(37-18)6-7-19(29-15)28-14-3-2-8-27-10-14/h2-10H,11-12H2,1H3,(H,28,29)(H2,30,31,34,35)/t25-/m0/s1. The molecule has 3 aromatic heterocycles. The van der Waals surface area contributed by atoms with Crippen molar-refractivity contribution in [1.29, 1.82) is 0 Å². The third-order valence-corrected chi connectivity index (χ3v) is 6.37. The molecule has 3 N–H and O–H groups in total. The number of nitrogens with one attached hydrogen (secondary N) is 3. The van der Waals surface area contributed by atoms with Crippen LogP contribution in [-0.4, -0.2) is 46.4 Å². The van der Waals surface area contributed by atoms with Gasteiger partial charge in [0.2, 0.25) is 0 Å². The lowest BCUT2D eigenvalue weighted by Crippen LogP contribution is -2.52. The fourth-order valence-electron chi connectivity index (χ4n) is 4.61. The van der Waals surface area contributed by atoms with Crippen molar-refractivity contribution in [3.63, 3.8) is 0 Å². The van der Waals surface area contributed by atoms with Gasteiger partial charge in [0.25, 0.3) is 11.8 Å². The molecule has 4 aromatic rings. The number of hydrogen-bond donors (Lipinski definition) is 3. The average Bonchev–Trinajstić information content (AvgIpc) is 3.54. The number of ether oxygens (including phenoxy) is 1. The number of nitrogens with zero attached hydrogens (tertiary/aromatic N) is 3. The Morgan fingerprint density at radius 3 is 2.81 bits per heavy atom. The minimum Gasteiger partial charge on any atom is -0.494 e. The number of carbonyl (C=O) groups is 3. The number of urea groups is 1. The van der Waals surface area contributed by atoms with Crippen LogP contribution in [0.2, 0.25) is 0 Å². The molecule has 37 heavy (non-hydrogen) atoms. The smallest absolute Gasteiger partial charge is 0.322 e. The molecule has 2 aliphatic rings. The number of halogens is 1. The number of aromatic nitrogens is 2. The highest BCUT2D eigenvalue weighted by atomic mass is 19.1. The highest BCUT2D eigenvalue weighted by Crippen LogP contribution is 2.36. The fourth-order valence-corrected chi connectivity index (χ4v) is 4.61. The molecular formula is C25H19FN6O5. The van der Waals surface area contributed by atoms with Gasteiger partial charge in [-0.05, 0) is 35.9 Å². The molecule has 6 rings (SSSR count). The number of imide groups is 1. The summed E-state index contributed by atoms with van der Waals surface area (Å²) in [5.41, 5.74) is 0.0912. The van der Waals surface area contributed by atoms with E-state index >= 15 is 0 Å². The van der Waals surface area contributed by atoms with Crippen LogP contribution in [0.3, 0.4) is 0 Å². The molecule has 1 aromatic carbocycles. The topological polar surface area (TPSA) is 139 Å². The Labute approximate surface area is 208 Å². The van der Waals surface area contributed by atoms with Crippen LogP contribution in [-0.2, 0) is 16.9 Å². The van der Waals surface area contributed by atoms with Crippen molar-refractivity contribution in [2.24, 2.45) is 0 Å². The van der Waals surface area contributed by atoms with Crippen LogP contribution >= 0.6 is 0 Å². The maximum Gasteiger partial charge on any atom is 0.322 e. The second-order valence-electron chi connectivity index (χ2n) is 8.65. The number of methoxy groups -OCH3 is 1. The molecule has 12 heteroatoms. The summed E-state index contributed by atoms with van der Waals surface area (Å²) < 4.78 is 25.8. The zero-order chi connectivity index (χ0) is 25.7. The highest BCUT2D eigenvalue weighted by Gasteiger charge is 2.53. The van der Waals surface area contributed by atoms with Crippen molar-refractivity contribution in [1.82, 2.24) is 25.5 Å². The molecule has 0 spiro atoms. The minimum atomic E-state index is -1.74. The SMILES string of the molecule is COc1ccc2c(c1F)C(=O)N(C[C@@]1(c3cc4nc(Nc5cccnc5)ccc4o3)NC(=O)NC1=O)C2. The zero-order valence-corrected chi connectivity index (χ0v) is 19.4. The number of hydrogen-bond acceptors (Lipinski definition) is 8. The molecule has 1 saturated heterocycles. The lowest BCUT2D eigenvalue weighted by Gasteiger charge is -2.28. The van der Waals surface area contributed by atoms with Gasteiger partial charge in [-0.25, -0.2) is 14.2 Å². The number of fused-ring (bicyclic) bond motifs is 2. The molecule has 1 atom stereocenters. The highest BCUT2D eigenvalue weighted by molar-refractivity contribution is 6.08. The normalized spacial score (nSPS) is 18.6. The van der Waals surface area contributed by atoms with Gasteiger partial charge >= 0.3 is 6.03 Å². The molecule has 0 saturated carbocycles. The number of benzene rings is 1. The summed E-state index contributed by atoms with van der Waals surface area (Å²) in [5, 5.41) is 7.94. The van der Waals surface area contributed by atoms with Crippen molar-refractivity contribution < 1.29 is 27.9 Å². The van der Waals surface area contributed by atoms with Gasteiger partial charge in [0.15, 0.2) is 22.7 Å². The third-order valence-electron chi connectivity index (χ3n) is 6.37. The Balaban J connectivity index is 1.35. The van der Waals surface area contributed by atoms with Gasteiger partial charge in [-0.15, -0.1) is 0 Å². The van der Waals surface area contributed by atoms with E-state index in [1.807, 2.05) is 6.07 Å². The molecule has 0 radical (unpaired) electrons. The number of carbonyl (C=O) groups excluding carboxylic acids is 3. The largest absolute Gasteiger partial charge is 0.494 e. The van der Waals surface area contributed by atoms with Gasteiger partial charge in [-0.3, -0.25) is 19.9 Å². The predicted molar refractivity (Wildman–Crippen MR) is 128 cm³/mol. The van der Waals surface area contributed by atoms with Gasteiger partial charge in [-0.2, -0.15) is 0 Å².